The fraction of sp³-hybridized carbons (Fsp3) is 0.304. The lowest BCUT2D eigenvalue weighted by Crippen LogP contribution is -2.63. The van der Waals surface area contributed by atoms with Crippen LogP contribution >= 0.6 is 0 Å². The number of anilines is 9. The highest BCUT2D eigenvalue weighted by Crippen LogP contribution is 2.64. The van der Waals surface area contributed by atoms with Crippen LogP contribution in [0.1, 0.15) is 144 Å². The number of rotatable bonds is 4. The van der Waals surface area contributed by atoms with Crippen LogP contribution < -0.4 is 31.1 Å². The molecule has 8 aromatic carbocycles. The molecule has 14 rings (SSSR count). The van der Waals surface area contributed by atoms with E-state index in [1.54, 1.807) is 0 Å². The minimum atomic E-state index is -0.365. The normalized spacial score (nSPS) is 20.0. The van der Waals surface area contributed by atoms with Crippen molar-refractivity contribution in [3.63, 3.8) is 0 Å². The third-order valence-corrected chi connectivity index (χ3v) is 19.5. The van der Waals surface area contributed by atoms with Crippen LogP contribution in [0.15, 0.2) is 146 Å². The number of hydrogen-bond donors (Lipinski definition) is 0. The molecule has 3 aliphatic heterocycles. The molecule has 0 N–H and O–H groups in total. The Hall–Kier alpha value is -6.78. The summed E-state index contributed by atoms with van der Waals surface area (Å²) in [6.07, 6.45) is 4.71. The van der Waals surface area contributed by atoms with E-state index >= 15 is 0 Å². The monoisotopic (exact) mass is 950 g/mol. The maximum atomic E-state index is 2.74. The van der Waals surface area contributed by atoms with Crippen molar-refractivity contribution in [3.05, 3.63) is 201 Å². The van der Waals surface area contributed by atoms with Gasteiger partial charge in [-0.1, -0.05) is 146 Å². The van der Waals surface area contributed by atoms with Crippen LogP contribution in [0.25, 0.3) is 11.1 Å². The summed E-state index contributed by atoms with van der Waals surface area (Å²) < 4.78 is 0. The van der Waals surface area contributed by atoms with E-state index in [0.717, 1.165) is 5.69 Å². The predicted molar refractivity (Wildman–Crippen MR) is 311 cm³/mol. The average molecular weight is 950 g/mol. The summed E-state index contributed by atoms with van der Waals surface area (Å²) in [5.74, 6) is 0. The predicted octanol–water partition coefficient (Wildman–Crippen LogP) is 16.5. The number of para-hydroxylation sites is 2. The lowest BCUT2D eigenvalue weighted by Gasteiger charge is -2.52. The van der Waals surface area contributed by atoms with Crippen LogP contribution in [0.4, 0.5) is 51.2 Å². The summed E-state index contributed by atoms with van der Waals surface area (Å²) in [6.45, 7) is 29.3. The van der Waals surface area contributed by atoms with Gasteiger partial charge in [-0.25, -0.2) is 0 Å². The second-order valence-corrected chi connectivity index (χ2v) is 25.7. The Kier molecular flexibility index (Phi) is 9.05. The van der Waals surface area contributed by atoms with Gasteiger partial charge in [-0.15, -0.1) is 0 Å². The van der Waals surface area contributed by atoms with Crippen LogP contribution in [-0.2, 0) is 27.1 Å². The highest BCUT2D eigenvalue weighted by atomic mass is 15.2. The Morgan fingerprint density at radius 2 is 0.986 bits per heavy atom. The van der Waals surface area contributed by atoms with Gasteiger partial charge in [-0.05, 0) is 213 Å². The molecule has 73 heavy (non-hydrogen) atoms. The van der Waals surface area contributed by atoms with Gasteiger partial charge in [0.2, 0.25) is 0 Å². The summed E-state index contributed by atoms with van der Waals surface area (Å²) in [5.41, 5.74) is 32.3. The van der Waals surface area contributed by atoms with E-state index in [1.165, 1.54) is 154 Å². The molecule has 0 aromatic heterocycles. The molecule has 3 heterocycles. The summed E-state index contributed by atoms with van der Waals surface area (Å²) in [4.78, 5) is 7.99. The quantitative estimate of drug-likeness (QED) is 0.163. The highest BCUT2D eigenvalue weighted by Gasteiger charge is 2.55. The Balaban J connectivity index is 1.13. The summed E-state index contributed by atoms with van der Waals surface area (Å²) in [7, 11) is 0. The molecular weight excluding hydrogens is 882 g/mol. The van der Waals surface area contributed by atoms with Gasteiger partial charge in [-0.2, -0.15) is 0 Å². The van der Waals surface area contributed by atoms with Gasteiger partial charge < -0.3 is 14.7 Å². The number of nitrogens with zero attached hydrogens (tertiary/aromatic N) is 3. The minimum Gasteiger partial charge on any atom is -0.311 e. The zero-order valence-corrected chi connectivity index (χ0v) is 45.1. The van der Waals surface area contributed by atoms with E-state index in [9.17, 15) is 0 Å². The average Bonchev–Trinajstić information content (AvgIpc) is 3.67. The van der Waals surface area contributed by atoms with Crippen molar-refractivity contribution in [2.75, 3.05) is 14.7 Å². The third-order valence-electron chi connectivity index (χ3n) is 19.5. The fourth-order valence-corrected chi connectivity index (χ4v) is 15.3. The molecular formula is C69H68BN3. The first-order chi connectivity index (χ1) is 34.8. The largest absolute Gasteiger partial charge is 0.311 e. The van der Waals surface area contributed by atoms with E-state index in [0.29, 0.717) is 0 Å². The van der Waals surface area contributed by atoms with Gasteiger partial charge in [-0.3, -0.25) is 0 Å². The number of aryl methyl sites for hydroxylation is 3. The number of hydrogen-bond acceptors (Lipinski definition) is 3. The molecule has 3 nitrogen and oxygen atoms in total. The molecule has 0 amide bonds. The molecule has 6 aliphatic rings. The van der Waals surface area contributed by atoms with Gasteiger partial charge in [0.25, 0.3) is 6.71 Å². The van der Waals surface area contributed by atoms with Crippen LogP contribution in [0, 0.1) is 20.8 Å². The van der Waals surface area contributed by atoms with E-state index in [2.05, 4.69) is 243 Å². The van der Waals surface area contributed by atoms with Crippen LogP contribution in [0.3, 0.4) is 0 Å². The number of fused-ring (bicyclic) bond motifs is 12. The molecule has 1 atom stereocenters. The molecule has 0 saturated heterocycles. The van der Waals surface area contributed by atoms with Crippen molar-refractivity contribution < 1.29 is 0 Å². The SMILES string of the molecule is Cc1ccccc1N(c1ccc2c(c1)N1c3cccc4c3C(C)(c3ccccc3-4)c3c(C)cc4c(c31)B2c1cc2c(cc1N4c1ccc3c(c1)C(C)(C)CCC3(C)C)C(C)(C)CCC2(C)C)c1ccccc1C. The van der Waals surface area contributed by atoms with Crippen LogP contribution in [0.2, 0.25) is 0 Å². The van der Waals surface area contributed by atoms with Gasteiger partial charge >= 0.3 is 0 Å². The van der Waals surface area contributed by atoms with E-state index in [-0.39, 0.29) is 33.8 Å². The summed E-state index contributed by atoms with van der Waals surface area (Å²) >= 11 is 0. The molecule has 0 fully saturated rings. The third kappa shape index (κ3) is 5.90. The summed E-state index contributed by atoms with van der Waals surface area (Å²) in [5, 5.41) is 0. The lowest BCUT2D eigenvalue weighted by atomic mass is 9.32. The standard InChI is InChI=1S/C69H68BN3/c1-41-20-13-17-25-55(41)71(56-26-18-14-21-42(56)2)45-29-31-53-58(38-45)73-57-27-19-23-47-46-22-15-16-24-48(46)69(12,62(47)57)61-43(3)36-60-63(64(61)73)70(53)54-39-51-52(68(10,11)35-34-67(51,8)9)40-59(54)72(60)44-28-30-49-50(37-44)66(6,7)33-32-65(49,4)5/h13-31,36-40H,32-35H2,1-12H3. The van der Waals surface area contributed by atoms with Crippen LogP contribution in [0.5, 0.6) is 0 Å². The molecule has 0 spiro atoms. The Bertz CT molecular complexity index is 3690. The first-order valence-corrected chi connectivity index (χ1v) is 27.2. The van der Waals surface area contributed by atoms with Crippen LogP contribution in [-0.4, -0.2) is 6.71 Å². The van der Waals surface area contributed by atoms with Crippen molar-refractivity contribution in [2.24, 2.45) is 0 Å². The molecule has 0 bridgehead atoms. The molecule has 8 aromatic rings. The second-order valence-electron chi connectivity index (χ2n) is 25.7. The van der Waals surface area contributed by atoms with Crippen molar-refractivity contribution in [1.82, 2.24) is 0 Å². The van der Waals surface area contributed by atoms with Gasteiger partial charge in [0.15, 0.2) is 0 Å². The number of benzene rings is 8. The van der Waals surface area contributed by atoms with Crippen molar-refractivity contribution in [3.8, 4) is 11.1 Å². The second kappa shape index (κ2) is 14.7. The fourth-order valence-electron chi connectivity index (χ4n) is 15.3. The van der Waals surface area contributed by atoms with E-state index < -0.39 is 0 Å². The smallest absolute Gasteiger partial charge is 0.252 e. The molecule has 4 heteroatoms. The van der Waals surface area contributed by atoms with Gasteiger partial charge in [0.1, 0.15) is 0 Å². The van der Waals surface area contributed by atoms with E-state index in [1.807, 2.05) is 0 Å². The Morgan fingerprint density at radius 1 is 0.411 bits per heavy atom. The first-order valence-electron chi connectivity index (χ1n) is 27.2. The maximum absolute atomic E-state index is 2.74. The molecule has 1 unspecified atom stereocenters. The maximum Gasteiger partial charge on any atom is 0.252 e. The van der Waals surface area contributed by atoms with Crippen molar-refractivity contribution >= 4 is 74.3 Å². The minimum absolute atomic E-state index is 0.00890. The Labute approximate surface area is 435 Å². The topological polar surface area (TPSA) is 9.72 Å². The highest BCUT2D eigenvalue weighted by molar-refractivity contribution is 7.00. The van der Waals surface area contributed by atoms with Gasteiger partial charge in [0.05, 0.1) is 5.69 Å². The Morgan fingerprint density at radius 3 is 1.66 bits per heavy atom. The zero-order valence-electron chi connectivity index (χ0n) is 45.1. The van der Waals surface area contributed by atoms with Crippen molar-refractivity contribution in [2.45, 2.75) is 136 Å². The first kappa shape index (κ1) is 44.9. The lowest BCUT2D eigenvalue weighted by molar-refractivity contribution is 0.332. The molecule has 362 valence electrons. The molecule has 0 saturated carbocycles. The summed E-state index contributed by atoms with van der Waals surface area (Å²) in [6, 6.07) is 57.3. The molecule has 3 aliphatic carbocycles. The van der Waals surface area contributed by atoms with E-state index in [4.69, 9.17) is 0 Å². The molecule has 0 radical (unpaired) electrons. The van der Waals surface area contributed by atoms with Crippen molar-refractivity contribution in [1.29, 1.82) is 0 Å². The van der Waals surface area contributed by atoms with Gasteiger partial charge in [0, 0.05) is 50.9 Å². The zero-order chi connectivity index (χ0) is 50.5.